The van der Waals surface area contributed by atoms with E-state index < -0.39 is 12.6 Å². The smallest absolute Gasteiger partial charge is 0.370 e. The highest BCUT2D eigenvalue weighted by Gasteiger charge is 2.25. The van der Waals surface area contributed by atoms with Crippen LogP contribution < -0.4 is 5.32 Å². The van der Waals surface area contributed by atoms with Gasteiger partial charge < -0.3 is 5.32 Å². The minimum Gasteiger partial charge on any atom is -0.370 e. The van der Waals surface area contributed by atoms with Crippen LogP contribution >= 0.6 is 11.6 Å². The van der Waals surface area contributed by atoms with Crippen molar-refractivity contribution in [3.63, 3.8) is 0 Å². The first-order valence-electron chi connectivity index (χ1n) is 4.79. The molecule has 1 heterocycles. The van der Waals surface area contributed by atoms with Gasteiger partial charge in [-0.1, -0.05) is 11.6 Å². The first-order valence-corrected chi connectivity index (χ1v) is 5.17. The molecule has 0 amide bonds. The van der Waals surface area contributed by atoms with Crippen LogP contribution in [0.15, 0.2) is 12.1 Å². The van der Waals surface area contributed by atoms with E-state index in [1.54, 1.807) is 0 Å². The van der Waals surface area contributed by atoms with Gasteiger partial charge in [-0.25, -0.2) is 4.98 Å². The predicted octanol–water partition coefficient (Wildman–Crippen LogP) is 3.36. The maximum absolute atomic E-state index is 11.9. The summed E-state index contributed by atoms with van der Waals surface area (Å²) in [4.78, 5) is 3.84. The largest absolute Gasteiger partial charge is 0.389 e. The fraction of sp³-hybridized carbons (Fsp3) is 0.400. The van der Waals surface area contributed by atoms with Gasteiger partial charge in [0.05, 0.1) is 11.6 Å². The standard InChI is InChI=1S/C10H9ClF3N3/c11-8-4-7(6-15)5-9(17-8)16-3-1-2-10(12,13)14/h4-5H,1-3H2,(H,16,17). The Morgan fingerprint density at radius 3 is 2.71 bits per heavy atom. The predicted molar refractivity (Wildman–Crippen MR) is 57.7 cm³/mol. The molecule has 0 fully saturated rings. The number of aromatic nitrogens is 1. The van der Waals surface area contributed by atoms with Crippen molar-refractivity contribution in [2.24, 2.45) is 0 Å². The number of rotatable bonds is 4. The number of anilines is 1. The van der Waals surface area contributed by atoms with E-state index in [1.807, 2.05) is 6.07 Å². The van der Waals surface area contributed by atoms with Crippen LogP contribution in [0.5, 0.6) is 0 Å². The quantitative estimate of drug-likeness (QED) is 0.669. The molecule has 0 saturated carbocycles. The van der Waals surface area contributed by atoms with Gasteiger partial charge in [0.1, 0.15) is 11.0 Å². The van der Waals surface area contributed by atoms with Gasteiger partial charge in [-0.2, -0.15) is 18.4 Å². The molecular formula is C10H9ClF3N3. The van der Waals surface area contributed by atoms with Crippen LogP contribution in [0.25, 0.3) is 0 Å². The first-order chi connectivity index (χ1) is 7.90. The molecule has 1 rings (SSSR count). The lowest BCUT2D eigenvalue weighted by atomic mass is 10.2. The second-order valence-electron chi connectivity index (χ2n) is 3.32. The molecule has 0 aliphatic heterocycles. The number of nitrogens with zero attached hydrogens (tertiary/aromatic N) is 2. The van der Waals surface area contributed by atoms with E-state index in [9.17, 15) is 13.2 Å². The Morgan fingerprint density at radius 2 is 2.12 bits per heavy atom. The highest BCUT2D eigenvalue weighted by Crippen LogP contribution is 2.21. The molecule has 7 heteroatoms. The third-order valence-electron chi connectivity index (χ3n) is 1.87. The molecule has 0 aliphatic carbocycles. The van der Waals surface area contributed by atoms with Crippen molar-refractivity contribution < 1.29 is 13.2 Å². The second-order valence-corrected chi connectivity index (χ2v) is 3.71. The molecule has 0 atom stereocenters. The number of alkyl halides is 3. The van der Waals surface area contributed by atoms with Crippen molar-refractivity contribution in [2.45, 2.75) is 19.0 Å². The number of pyridine rings is 1. The van der Waals surface area contributed by atoms with Crippen LogP contribution in [0.3, 0.4) is 0 Å². The van der Waals surface area contributed by atoms with Gasteiger partial charge in [-0.15, -0.1) is 0 Å². The lowest BCUT2D eigenvalue weighted by Gasteiger charge is -2.08. The van der Waals surface area contributed by atoms with Crippen molar-refractivity contribution in [2.75, 3.05) is 11.9 Å². The summed E-state index contributed by atoms with van der Waals surface area (Å²) in [5, 5.41) is 11.5. The normalized spacial score (nSPS) is 11.0. The molecule has 0 saturated heterocycles. The minimum absolute atomic E-state index is 0.0560. The van der Waals surface area contributed by atoms with Gasteiger partial charge in [0, 0.05) is 13.0 Å². The average Bonchev–Trinajstić information content (AvgIpc) is 2.22. The van der Waals surface area contributed by atoms with Crippen molar-refractivity contribution in [1.29, 1.82) is 5.26 Å². The molecule has 0 aromatic carbocycles. The monoisotopic (exact) mass is 263 g/mol. The SMILES string of the molecule is N#Cc1cc(Cl)nc(NCCCC(F)(F)F)c1. The van der Waals surface area contributed by atoms with Crippen molar-refractivity contribution in [3.8, 4) is 6.07 Å². The number of hydrogen-bond donors (Lipinski definition) is 1. The van der Waals surface area contributed by atoms with Crippen molar-refractivity contribution >= 4 is 17.4 Å². The number of hydrogen-bond acceptors (Lipinski definition) is 3. The Balaban J connectivity index is 2.47. The third kappa shape index (κ3) is 5.41. The van der Waals surface area contributed by atoms with E-state index in [1.165, 1.54) is 12.1 Å². The van der Waals surface area contributed by atoms with E-state index in [2.05, 4.69) is 10.3 Å². The Bertz CT molecular complexity index is 426. The molecular weight excluding hydrogens is 255 g/mol. The summed E-state index contributed by atoms with van der Waals surface area (Å²) in [6.45, 7) is 0.123. The van der Waals surface area contributed by atoms with Crippen LogP contribution in [0.1, 0.15) is 18.4 Å². The lowest BCUT2D eigenvalue weighted by Crippen LogP contribution is -2.11. The Kier molecular flexibility index (Phi) is 4.58. The van der Waals surface area contributed by atoms with Gasteiger partial charge in [0.25, 0.3) is 0 Å². The summed E-state index contributed by atoms with van der Waals surface area (Å²) in [7, 11) is 0. The molecule has 92 valence electrons. The van der Waals surface area contributed by atoms with Crippen LogP contribution in [0.4, 0.5) is 19.0 Å². The molecule has 0 bridgehead atoms. The molecule has 1 aromatic heterocycles. The fourth-order valence-corrected chi connectivity index (χ4v) is 1.37. The number of nitrogens with one attached hydrogen (secondary N) is 1. The first kappa shape index (κ1) is 13.6. The molecule has 17 heavy (non-hydrogen) atoms. The Morgan fingerprint density at radius 1 is 1.41 bits per heavy atom. The highest BCUT2D eigenvalue weighted by atomic mass is 35.5. The summed E-state index contributed by atoms with van der Waals surface area (Å²) in [5.74, 6) is 0.302. The van der Waals surface area contributed by atoms with E-state index in [4.69, 9.17) is 16.9 Å². The van der Waals surface area contributed by atoms with Gasteiger partial charge in [0.15, 0.2) is 0 Å². The summed E-state index contributed by atoms with van der Waals surface area (Å²) in [6.07, 6.45) is -5.06. The zero-order valence-corrected chi connectivity index (χ0v) is 9.44. The summed E-state index contributed by atoms with van der Waals surface area (Å²) in [5.41, 5.74) is 0.309. The van der Waals surface area contributed by atoms with Crippen LogP contribution in [-0.2, 0) is 0 Å². The van der Waals surface area contributed by atoms with E-state index in [0.717, 1.165) is 0 Å². The van der Waals surface area contributed by atoms with Crippen LogP contribution in [0.2, 0.25) is 5.15 Å². The minimum atomic E-state index is -4.15. The zero-order valence-electron chi connectivity index (χ0n) is 8.68. The summed E-state index contributed by atoms with van der Waals surface area (Å²) < 4.78 is 35.6. The molecule has 3 nitrogen and oxygen atoms in total. The summed E-state index contributed by atoms with van der Waals surface area (Å²) >= 11 is 5.63. The Labute approximate surface area is 101 Å². The van der Waals surface area contributed by atoms with Gasteiger partial charge >= 0.3 is 6.18 Å². The van der Waals surface area contributed by atoms with E-state index >= 15 is 0 Å². The van der Waals surface area contributed by atoms with E-state index in [0.29, 0.717) is 11.4 Å². The van der Waals surface area contributed by atoms with Gasteiger partial charge in [-0.05, 0) is 18.6 Å². The molecule has 0 spiro atoms. The lowest BCUT2D eigenvalue weighted by molar-refractivity contribution is -0.134. The second kappa shape index (κ2) is 5.73. The van der Waals surface area contributed by atoms with E-state index in [-0.39, 0.29) is 18.1 Å². The Hall–Kier alpha value is -1.48. The topological polar surface area (TPSA) is 48.7 Å². The molecule has 0 unspecified atom stereocenters. The molecule has 0 radical (unpaired) electrons. The maximum atomic E-state index is 11.9. The van der Waals surface area contributed by atoms with Crippen LogP contribution in [0, 0.1) is 11.3 Å². The van der Waals surface area contributed by atoms with Gasteiger partial charge in [0.2, 0.25) is 0 Å². The number of halogens is 4. The van der Waals surface area contributed by atoms with Crippen molar-refractivity contribution in [1.82, 2.24) is 4.98 Å². The third-order valence-corrected chi connectivity index (χ3v) is 2.06. The molecule has 0 aliphatic rings. The fourth-order valence-electron chi connectivity index (χ4n) is 1.16. The van der Waals surface area contributed by atoms with Crippen molar-refractivity contribution in [3.05, 3.63) is 22.8 Å². The van der Waals surface area contributed by atoms with Crippen LogP contribution in [-0.4, -0.2) is 17.7 Å². The molecule has 1 N–H and O–H groups in total. The zero-order chi connectivity index (χ0) is 12.9. The molecule has 1 aromatic rings. The highest BCUT2D eigenvalue weighted by molar-refractivity contribution is 6.29. The average molecular weight is 264 g/mol. The van der Waals surface area contributed by atoms with Gasteiger partial charge in [-0.3, -0.25) is 0 Å². The maximum Gasteiger partial charge on any atom is 0.389 e. The number of nitriles is 1. The summed E-state index contributed by atoms with van der Waals surface area (Å²) in [6, 6.07) is 4.69.